The average Bonchev–Trinajstić information content (AvgIpc) is 3.64. The number of carbonyl (C=O) groups excluding carboxylic acids is 2. The summed E-state index contributed by atoms with van der Waals surface area (Å²) in [5, 5.41) is 0. The predicted octanol–water partition coefficient (Wildman–Crippen LogP) is 6.92. The molecule has 3 atom stereocenters. The molecule has 49 heavy (non-hydrogen) atoms. The first-order valence-corrected chi connectivity index (χ1v) is 16.8. The van der Waals surface area contributed by atoms with E-state index in [4.69, 9.17) is 0 Å². The van der Waals surface area contributed by atoms with Crippen LogP contribution in [0.1, 0.15) is 64.3 Å². The molecule has 0 radical (unpaired) electrons. The number of hydrogen-bond donors (Lipinski definition) is 0. The lowest BCUT2D eigenvalue weighted by Crippen LogP contribution is -2.58. The molecule has 6 rings (SSSR count). The summed E-state index contributed by atoms with van der Waals surface area (Å²) in [6.45, 7) is 4.42. The minimum absolute atomic E-state index is 0.0468. The van der Waals surface area contributed by atoms with Crippen LogP contribution in [-0.2, 0) is 23.6 Å². The van der Waals surface area contributed by atoms with Crippen LogP contribution in [0.5, 0.6) is 0 Å². The van der Waals surface area contributed by atoms with Gasteiger partial charge in [0.1, 0.15) is 6.04 Å². The monoisotopic (exact) mass is 686 g/mol. The van der Waals surface area contributed by atoms with Gasteiger partial charge in [0.25, 0.3) is 5.91 Å². The van der Waals surface area contributed by atoms with E-state index in [9.17, 15) is 35.9 Å². The molecule has 2 amide bonds. The summed E-state index contributed by atoms with van der Waals surface area (Å²) >= 11 is 0. The molecular weight excluding hydrogens is 646 g/mol. The number of carbonyl (C=O) groups is 2. The van der Waals surface area contributed by atoms with Crippen molar-refractivity contribution >= 4 is 11.8 Å². The van der Waals surface area contributed by atoms with Gasteiger partial charge in [-0.1, -0.05) is 60.7 Å². The minimum atomic E-state index is -5.05. The lowest BCUT2D eigenvalue weighted by Gasteiger charge is -2.47. The van der Waals surface area contributed by atoms with Gasteiger partial charge in [0.15, 0.2) is 0 Å². The fraction of sp³-hybridized carbons (Fsp3) is 0.459. The first-order chi connectivity index (χ1) is 23.4. The number of halogens is 6. The third kappa shape index (κ3) is 8.12. The van der Waals surface area contributed by atoms with Crippen molar-refractivity contribution in [1.82, 2.24) is 19.6 Å². The van der Waals surface area contributed by atoms with E-state index in [0.717, 1.165) is 37.1 Å². The van der Waals surface area contributed by atoms with Crippen molar-refractivity contribution in [2.24, 2.45) is 0 Å². The van der Waals surface area contributed by atoms with E-state index < -0.39 is 41.0 Å². The Kier molecular flexibility index (Phi) is 10.4. The number of rotatable bonds is 7. The molecule has 262 valence electrons. The highest BCUT2D eigenvalue weighted by Crippen LogP contribution is 2.37. The Morgan fingerprint density at radius 3 is 1.86 bits per heavy atom. The summed E-state index contributed by atoms with van der Waals surface area (Å²) in [6.07, 6.45) is -6.64. The first kappa shape index (κ1) is 34.9. The largest absolute Gasteiger partial charge is 0.416 e. The van der Waals surface area contributed by atoms with Gasteiger partial charge in [-0.3, -0.25) is 19.4 Å². The Morgan fingerprint density at radius 2 is 1.29 bits per heavy atom. The Bertz CT molecular complexity index is 1550. The van der Waals surface area contributed by atoms with Crippen LogP contribution in [-0.4, -0.2) is 89.3 Å². The molecule has 3 aromatic rings. The molecule has 3 heterocycles. The van der Waals surface area contributed by atoms with Crippen molar-refractivity contribution in [3.8, 4) is 0 Å². The van der Waals surface area contributed by atoms with Crippen LogP contribution in [0.3, 0.4) is 0 Å². The van der Waals surface area contributed by atoms with Crippen molar-refractivity contribution in [3.63, 3.8) is 0 Å². The van der Waals surface area contributed by atoms with Crippen molar-refractivity contribution in [2.45, 2.75) is 62.6 Å². The number of alkyl halides is 6. The fourth-order valence-electron chi connectivity index (χ4n) is 7.57. The third-order valence-electron chi connectivity index (χ3n) is 10.1. The van der Waals surface area contributed by atoms with E-state index in [0.29, 0.717) is 57.6 Å². The second-order valence-electron chi connectivity index (χ2n) is 13.2. The molecule has 3 saturated heterocycles. The maximum absolute atomic E-state index is 13.8. The number of nitrogens with zero attached hydrogens (tertiary/aromatic N) is 4. The van der Waals surface area contributed by atoms with Gasteiger partial charge in [-0.2, -0.15) is 26.3 Å². The summed E-state index contributed by atoms with van der Waals surface area (Å²) in [5.41, 5.74) is -1.75. The SMILES string of the molecule is O=C(C(c1ccccc1)N1CCN(C2CCN(C(=O)c3cc(C(F)(F)F)cc(C(F)(F)F)c3)C(Cc3ccccc3)C2)CC1)N1CCCC1. The second kappa shape index (κ2) is 14.5. The third-order valence-corrected chi connectivity index (χ3v) is 10.1. The number of amides is 2. The average molecular weight is 687 g/mol. The van der Waals surface area contributed by atoms with E-state index in [-0.39, 0.29) is 30.6 Å². The van der Waals surface area contributed by atoms with Crippen molar-refractivity contribution in [3.05, 3.63) is 107 Å². The van der Waals surface area contributed by atoms with E-state index in [1.807, 2.05) is 65.6 Å². The quantitative estimate of drug-likeness (QED) is 0.254. The van der Waals surface area contributed by atoms with E-state index in [2.05, 4.69) is 9.80 Å². The van der Waals surface area contributed by atoms with Crippen molar-refractivity contribution in [1.29, 1.82) is 0 Å². The molecule has 3 aromatic carbocycles. The van der Waals surface area contributed by atoms with E-state index in [1.165, 1.54) is 4.90 Å². The van der Waals surface area contributed by atoms with E-state index >= 15 is 0 Å². The standard InChI is InChI=1S/C37H40F6N4O2/c38-36(39,40)29-22-28(23-30(24-29)37(41,42)43)34(48)47-16-13-31(25-32(47)21-26-9-3-1-4-10-26)44-17-19-45(20-18-44)33(27-11-5-2-6-12-27)35(49)46-14-7-8-15-46/h1-6,9-12,22-24,31-33H,7-8,13-21,25H2. The van der Waals surface area contributed by atoms with Gasteiger partial charge in [0.05, 0.1) is 11.1 Å². The zero-order valence-corrected chi connectivity index (χ0v) is 27.1. The van der Waals surface area contributed by atoms with Crippen LogP contribution >= 0.6 is 0 Å². The predicted molar refractivity (Wildman–Crippen MR) is 173 cm³/mol. The molecule has 3 aliphatic rings. The van der Waals surface area contributed by atoms with E-state index in [1.54, 1.807) is 0 Å². The Morgan fingerprint density at radius 1 is 0.714 bits per heavy atom. The summed E-state index contributed by atoms with van der Waals surface area (Å²) < 4.78 is 81.8. The number of benzene rings is 3. The van der Waals surface area contributed by atoms with Crippen LogP contribution in [0.2, 0.25) is 0 Å². The molecule has 0 saturated carbocycles. The van der Waals surface area contributed by atoms with Crippen LogP contribution in [0.4, 0.5) is 26.3 Å². The zero-order valence-electron chi connectivity index (χ0n) is 27.1. The molecule has 0 bridgehead atoms. The van der Waals surface area contributed by atoms with Gasteiger partial charge in [-0.15, -0.1) is 0 Å². The van der Waals surface area contributed by atoms with Gasteiger partial charge < -0.3 is 9.80 Å². The van der Waals surface area contributed by atoms with Gasteiger partial charge in [-0.25, -0.2) is 0 Å². The van der Waals surface area contributed by atoms with Crippen LogP contribution < -0.4 is 0 Å². The lowest BCUT2D eigenvalue weighted by atomic mass is 9.90. The first-order valence-electron chi connectivity index (χ1n) is 16.8. The highest BCUT2D eigenvalue weighted by molar-refractivity contribution is 5.95. The minimum Gasteiger partial charge on any atom is -0.341 e. The number of hydrogen-bond acceptors (Lipinski definition) is 4. The van der Waals surface area contributed by atoms with Crippen LogP contribution in [0.15, 0.2) is 78.9 Å². The Balaban J connectivity index is 1.20. The number of piperidine rings is 1. The van der Waals surface area contributed by atoms with Gasteiger partial charge >= 0.3 is 12.4 Å². The Labute approximate surface area is 282 Å². The summed E-state index contributed by atoms with van der Waals surface area (Å²) in [6, 6.07) is 19.5. The summed E-state index contributed by atoms with van der Waals surface area (Å²) in [7, 11) is 0. The fourth-order valence-corrected chi connectivity index (χ4v) is 7.57. The second-order valence-corrected chi connectivity index (χ2v) is 13.2. The topological polar surface area (TPSA) is 47.1 Å². The molecule has 3 fully saturated rings. The molecule has 0 aromatic heterocycles. The van der Waals surface area contributed by atoms with Gasteiger partial charge in [-0.05, 0) is 61.4 Å². The van der Waals surface area contributed by atoms with Crippen LogP contribution in [0, 0.1) is 0 Å². The highest BCUT2D eigenvalue weighted by atomic mass is 19.4. The molecule has 0 aliphatic carbocycles. The zero-order chi connectivity index (χ0) is 34.8. The molecule has 0 spiro atoms. The molecule has 3 unspecified atom stereocenters. The lowest BCUT2D eigenvalue weighted by molar-refractivity contribution is -0.143. The number of likely N-dealkylation sites (tertiary alicyclic amines) is 2. The Hall–Kier alpha value is -3.90. The molecule has 3 aliphatic heterocycles. The number of piperazine rings is 1. The van der Waals surface area contributed by atoms with Gasteiger partial charge in [0, 0.05) is 63.5 Å². The maximum atomic E-state index is 13.8. The molecular formula is C37H40F6N4O2. The normalized spacial score (nSPS) is 21.9. The van der Waals surface area contributed by atoms with Crippen molar-refractivity contribution in [2.75, 3.05) is 45.8 Å². The van der Waals surface area contributed by atoms with Crippen molar-refractivity contribution < 1.29 is 35.9 Å². The molecule has 12 heteroatoms. The van der Waals surface area contributed by atoms with Gasteiger partial charge in [0.2, 0.25) is 5.91 Å². The molecule has 0 N–H and O–H groups in total. The maximum Gasteiger partial charge on any atom is 0.416 e. The smallest absolute Gasteiger partial charge is 0.341 e. The summed E-state index contributed by atoms with van der Waals surface area (Å²) in [5.74, 6) is -0.720. The highest BCUT2D eigenvalue weighted by Gasteiger charge is 2.41. The van der Waals surface area contributed by atoms with Crippen LogP contribution in [0.25, 0.3) is 0 Å². The molecule has 6 nitrogen and oxygen atoms in total. The summed E-state index contributed by atoms with van der Waals surface area (Å²) in [4.78, 5) is 35.5.